The molecule has 1 rings (SSSR count). The fraction of sp³-hybridized carbons (Fsp3) is 0.538. The van der Waals surface area contributed by atoms with Gasteiger partial charge in [-0.15, -0.1) is 0 Å². The first-order chi connectivity index (χ1) is 7.33. The van der Waals surface area contributed by atoms with Crippen molar-refractivity contribution < 1.29 is 0 Å². The lowest BCUT2D eigenvalue weighted by Crippen LogP contribution is -2.30. The van der Waals surface area contributed by atoms with E-state index in [1.165, 1.54) is 19.5 Å². The van der Waals surface area contributed by atoms with Gasteiger partial charge in [0.1, 0.15) is 0 Å². The number of allylic oxidation sites excluding steroid dienone is 4. The molecule has 1 aliphatic rings. The number of hydrogen-bond donors (Lipinski definition) is 2. The van der Waals surface area contributed by atoms with Gasteiger partial charge < -0.3 is 10.6 Å². The maximum atomic E-state index is 3.62. The molecule has 2 N–H and O–H groups in total. The molecule has 2 atom stereocenters. The van der Waals surface area contributed by atoms with E-state index in [9.17, 15) is 0 Å². The summed E-state index contributed by atoms with van der Waals surface area (Å²) < 4.78 is 0. The third-order valence-corrected chi connectivity index (χ3v) is 2.65. The van der Waals surface area contributed by atoms with Crippen LogP contribution in [0.25, 0.3) is 0 Å². The highest BCUT2D eigenvalue weighted by Gasteiger charge is 2.13. The molecule has 0 spiro atoms. The van der Waals surface area contributed by atoms with E-state index in [1.54, 1.807) is 6.08 Å². The Hall–Kier alpha value is -0.860. The van der Waals surface area contributed by atoms with E-state index in [4.69, 9.17) is 0 Å². The van der Waals surface area contributed by atoms with Gasteiger partial charge in [-0.2, -0.15) is 0 Å². The second kappa shape index (κ2) is 7.43. The average Bonchev–Trinajstić information content (AvgIpc) is 2.74. The van der Waals surface area contributed by atoms with Crippen LogP contribution in [0.5, 0.6) is 0 Å². The van der Waals surface area contributed by atoms with Crippen LogP contribution < -0.4 is 10.6 Å². The largest absolute Gasteiger partial charge is 0.316 e. The van der Waals surface area contributed by atoms with Crippen molar-refractivity contribution in [3.05, 3.63) is 37.0 Å². The molecule has 0 aromatic rings. The van der Waals surface area contributed by atoms with Crippen LogP contribution in [-0.4, -0.2) is 25.7 Å². The molecule has 0 bridgehead atoms. The van der Waals surface area contributed by atoms with Crippen molar-refractivity contribution in [2.45, 2.75) is 19.4 Å². The van der Waals surface area contributed by atoms with E-state index in [-0.39, 0.29) is 0 Å². The van der Waals surface area contributed by atoms with Crippen LogP contribution in [0.1, 0.15) is 13.3 Å². The van der Waals surface area contributed by atoms with Crippen molar-refractivity contribution in [1.29, 1.82) is 0 Å². The summed E-state index contributed by atoms with van der Waals surface area (Å²) in [6.45, 7) is 9.26. The minimum absolute atomic E-state index is 0.445. The van der Waals surface area contributed by atoms with Crippen LogP contribution in [-0.2, 0) is 0 Å². The lowest BCUT2D eigenvalue weighted by molar-refractivity contribution is 0.494. The van der Waals surface area contributed by atoms with Crippen molar-refractivity contribution in [3.8, 4) is 0 Å². The number of nitrogens with one attached hydrogen (secondary N) is 2. The Balaban J connectivity index is 2.11. The van der Waals surface area contributed by atoms with Gasteiger partial charge in [0.05, 0.1) is 0 Å². The van der Waals surface area contributed by atoms with Gasteiger partial charge in [0.15, 0.2) is 0 Å². The maximum absolute atomic E-state index is 3.62. The molecule has 0 amide bonds. The molecule has 1 saturated heterocycles. The van der Waals surface area contributed by atoms with E-state index >= 15 is 0 Å². The molecule has 0 aromatic heterocycles. The molecule has 0 radical (unpaired) electrons. The van der Waals surface area contributed by atoms with Crippen molar-refractivity contribution in [1.82, 2.24) is 10.6 Å². The Morgan fingerprint density at radius 2 is 2.33 bits per heavy atom. The van der Waals surface area contributed by atoms with Crippen LogP contribution in [0.15, 0.2) is 37.0 Å². The summed E-state index contributed by atoms with van der Waals surface area (Å²) >= 11 is 0. The van der Waals surface area contributed by atoms with E-state index in [2.05, 4.69) is 36.3 Å². The second-order valence-corrected chi connectivity index (χ2v) is 4.06. The summed E-state index contributed by atoms with van der Waals surface area (Å²) in [4.78, 5) is 0. The lowest BCUT2D eigenvalue weighted by Gasteiger charge is -2.13. The molecule has 2 unspecified atom stereocenters. The normalized spacial score (nSPS) is 23.9. The van der Waals surface area contributed by atoms with Gasteiger partial charge >= 0.3 is 0 Å². The Morgan fingerprint density at radius 1 is 1.47 bits per heavy atom. The van der Waals surface area contributed by atoms with Crippen molar-refractivity contribution >= 4 is 0 Å². The molecule has 2 nitrogen and oxygen atoms in total. The van der Waals surface area contributed by atoms with Crippen LogP contribution in [0.4, 0.5) is 0 Å². The monoisotopic (exact) mass is 206 g/mol. The summed E-state index contributed by atoms with van der Waals surface area (Å²) in [6.07, 6.45) is 11.3. The molecular weight excluding hydrogens is 184 g/mol. The third kappa shape index (κ3) is 5.55. The molecule has 0 aromatic carbocycles. The van der Waals surface area contributed by atoms with Crippen molar-refractivity contribution in [3.63, 3.8) is 0 Å². The van der Waals surface area contributed by atoms with E-state index in [1.807, 2.05) is 12.2 Å². The van der Waals surface area contributed by atoms with E-state index in [0.29, 0.717) is 6.04 Å². The highest BCUT2D eigenvalue weighted by molar-refractivity contribution is 5.10. The molecule has 15 heavy (non-hydrogen) atoms. The fourth-order valence-corrected chi connectivity index (χ4v) is 1.68. The summed E-state index contributed by atoms with van der Waals surface area (Å²) in [5.41, 5.74) is 0. The van der Waals surface area contributed by atoms with Gasteiger partial charge in [0, 0.05) is 6.04 Å². The minimum atomic E-state index is 0.445. The third-order valence-electron chi connectivity index (χ3n) is 2.65. The van der Waals surface area contributed by atoms with E-state index in [0.717, 1.165) is 12.5 Å². The molecule has 0 aliphatic carbocycles. The summed E-state index contributed by atoms with van der Waals surface area (Å²) in [7, 11) is 0. The van der Waals surface area contributed by atoms with E-state index < -0.39 is 0 Å². The zero-order chi connectivity index (χ0) is 10.9. The highest BCUT2D eigenvalue weighted by atomic mass is 14.9. The fourth-order valence-electron chi connectivity index (χ4n) is 1.68. The smallest absolute Gasteiger partial charge is 0.0224 e. The van der Waals surface area contributed by atoms with Gasteiger partial charge in [-0.25, -0.2) is 0 Å². The lowest BCUT2D eigenvalue weighted by atomic mass is 10.1. The topological polar surface area (TPSA) is 24.1 Å². The van der Waals surface area contributed by atoms with Crippen molar-refractivity contribution in [2.24, 2.45) is 5.92 Å². The summed E-state index contributed by atoms with van der Waals surface area (Å²) in [6, 6.07) is 0.445. The van der Waals surface area contributed by atoms with Crippen LogP contribution in [0.2, 0.25) is 0 Å². The van der Waals surface area contributed by atoms with Crippen LogP contribution >= 0.6 is 0 Å². The predicted molar refractivity (Wildman–Crippen MR) is 66.9 cm³/mol. The van der Waals surface area contributed by atoms with Gasteiger partial charge in [-0.3, -0.25) is 0 Å². The first-order valence-electron chi connectivity index (χ1n) is 5.73. The van der Waals surface area contributed by atoms with Crippen LogP contribution in [0, 0.1) is 5.92 Å². The molecule has 1 heterocycles. The molecule has 0 saturated carbocycles. The molecule has 2 heteroatoms. The van der Waals surface area contributed by atoms with Gasteiger partial charge in [0.2, 0.25) is 0 Å². The highest BCUT2D eigenvalue weighted by Crippen LogP contribution is 2.05. The first kappa shape index (κ1) is 12.2. The predicted octanol–water partition coefficient (Wildman–Crippen LogP) is 1.87. The Labute approximate surface area is 93.1 Å². The molecular formula is C13H22N2. The second-order valence-electron chi connectivity index (χ2n) is 4.06. The van der Waals surface area contributed by atoms with Crippen molar-refractivity contribution in [2.75, 3.05) is 19.6 Å². The van der Waals surface area contributed by atoms with Crippen LogP contribution in [0.3, 0.4) is 0 Å². The van der Waals surface area contributed by atoms with Gasteiger partial charge in [-0.05, 0) is 38.9 Å². The standard InChI is InChI=1S/C13H22N2/c1-3-4-5-6-7-12(2)15-11-13-8-9-14-10-13/h3-7,12-15H,1,8-11H2,2H3/b5-4-,7-6-. The summed E-state index contributed by atoms with van der Waals surface area (Å²) in [5.74, 6) is 0.810. The Bertz CT molecular complexity index is 225. The zero-order valence-electron chi connectivity index (χ0n) is 9.58. The molecule has 1 fully saturated rings. The SMILES string of the molecule is C=C/C=C\C=C/C(C)NCC1CCNC1. The van der Waals surface area contributed by atoms with Gasteiger partial charge in [-0.1, -0.05) is 37.0 Å². The number of rotatable bonds is 6. The molecule has 84 valence electrons. The average molecular weight is 206 g/mol. The maximum Gasteiger partial charge on any atom is 0.0224 e. The zero-order valence-corrected chi connectivity index (χ0v) is 9.58. The van der Waals surface area contributed by atoms with Gasteiger partial charge in [0.25, 0.3) is 0 Å². The Morgan fingerprint density at radius 3 is 3.00 bits per heavy atom. The number of hydrogen-bond acceptors (Lipinski definition) is 2. The molecule has 1 aliphatic heterocycles. The summed E-state index contributed by atoms with van der Waals surface area (Å²) in [5, 5.41) is 6.89. The first-order valence-corrected chi connectivity index (χ1v) is 5.73. The minimum Gasteiger partial charge on any atom is -0.316 e. The quantitative estimate of drug-likeness (QED) is 0.648. The Kier molecular flexibility index (Phi) is 6.05.